The molecule has 1 N–H and O–H groups in total. The van der Waals surface area contributed by atoms with Gasteiger partial charge in [0.25, 0.3) is 0 Å². The minimum Gasteiger partial charge on any atom is -0.388 e. The maximum Gasteiger partial charge on any atom is 0.0858 e. The van der Waals surface area contributed by atoms with Crippen LogP contribution in [0.4, 0.5) is 0 Å². The Kier molecular flexibility index (Phi) is 4.40. The van der Waals surface area contributed by atoms with Crippen molar-refractivity contribution in [3.63, 3.8) is 0 Å². The molecular weight excluding hydrogens is 256 g/mol. The van der Waals surface area contributed by atoms with E-state index in [2.05, 4.69) is 43.3 Å². The summed E-state index contributed by atoms with van der Waals surface area (Å²) < 4.78 is 0. The summed E-state index contributed by atoms with van der Waals surface area (Å²) in [5.41, 5.74) is 3.69. The Morgan fingerprint density at radius 3 is 2.14 bits per heavy atom. The van der Waals surface area contributed by atoms with Gasteiger partial charge in [-0.05, 0) is 41.9 Å². The molecule has 2 aromatic carbocycles. The zero-order valence-corrected chi connectivity index (χ0v) is 12.7. The summed E-state index contributed by atoms with van der Waals surface area (Å²) in [5, 5.41) is 10.7. The topological polar surface area (TPSA) is 20.2 Å². The molecule has 1 nitrogen and oxygen atoms in total. The van der Waals surface area contributed by atoms with Crippen LogP contribution in [-0.2, 0) is 0 Å². The molecule has 1 aliphatic rings. The molecule has 0 heterocycles. The third kappa shape index (κ3) is 3.03. The fourth-order valence-corrected chi connectivity index (χ4v) is 3.28. The molecular formula is C20H24O. The molecule has 0 radical (unpaired) electrons. The smallest absolute Gasteiger partial charge is 0.0858 e. The van der Waals surface area contributed by atoms with Crippen LogP contribution in [0.5, 0.6) is 0 Å². The Morgan fingerprint density at radius 2 is 1.62 bits per heavy atom. The summed E-state index contributed by atoms with van der Waals surface area (Å²) in [7, 11) is 0. The summed E-state index contributed by atoms with van der Waals surface area (Å²) in [5.74, 6) is 0.924. The molecule has 110 valence electrons. The van der Waals surface area contributed by atoms with Crippen molar-refractivity contribution in [3.05, 3.63) is 71.3 Å². The van der Waals surface area contributed by atoms with Crippen molar-refractivity contribution < 1.29 is 5.11 Å². The predicted octanol–water partition coefficient (Wildman–Crippen LogP) is 5.18. The molecule has 1 saturated carbocycles. The van der Waals surface area contributed by atoms with Gasteiger partial charge in [-0.15, -0.1) is 0 Å². The van der Waals surface area contributed by atoms with E-state index in [0.717, 1.165) is 17.9 Å². The van der Waals surface area contributed by atoms with Gasteiger partial charge in [0.1, 0.15) is 0 Å². The van der Waals surface area contributed by atoms with Crippen molar-refractivity contribution in [2.75, 3.05) is 0 Å². The number of hydrogen-bond donors (Lipinski definition) is 1. The van der Waals surface area contributed by atoms with Gasteiger partial charge < -0.3 is 5.11 Å². The van der Waals surface area contributed by atoms with Gasteiger partial charge in [0.05, 0.1) is 6.10 Å². The Balaban J connectivity index is 1.78. The van der Waals surface area contributed by atoms with Crippen LogP contribution in [0.15, 0.2) is 54.6 Å². The third-order valence-electron chi connectivity index (χ3n) is 4.90. The summed E-state index contributed by atoms with van der Waals surface area (Å²) in [6.45, 7) is 2.14. The first-order valence-electron chi connectivity index (χ1n) is 8.12. The Hall–Kier alpha value is -1.60. The second-order valence-corrected chi connectivity index (χ2v) is 6.16. The molecule has 21 heavy (non-hydrogen) atoms. The molecule has 2 aromatic rings. The van der Waals surface area contributed by atoms with Crippen LogP contribution >= 0.6 is 0 Å². The molecule has 1 heteroatoms. The van der Waals surface area contributed by atoms with E-state index in [1.807, 2.05) is 18.2 Å². The summed E-state index contributed by atoms with van der Waals surface area (Å²) in [6.07, 6.45) is 4.52. The first-order valence-corrected chi connectivity index (χ1v) is 8.12. The van der Waals surface area contributed by atoms with E-state index in [1.165, 1.54) is 30.4 Å². The molecule has 1 fully saturated rings. The molecule has 0 aliphatic heterocycles. The molecule has 0 amide bonds. The SMILES string of the molecule is CCC(c1ccccc1)C(O)c1ccc(C2CCC2)cc1. The van der Waals surface area contributed by atoms with Crippen molar-refractivity contribution in [1.82, 2.24) is 0 Å². The highest BCUT2D eigenvalue weighted by molar-refractivity contribution is 5.31. The van der Waals surface area contributed by atoms with Crippen molar-refractivity contribution in [1.29, 1.82) is 0 Å². The van der Waals surface area contributed by atoms with Gasteiger partial charge in [-0.25, -0.2) is 0 Å². The average Bonchev–Trinajstić information content (AvgIpc) is 2.48. The number of hydrogen-bond acceptors (Lipinski definition) is 1. The van der Waals surface area contributed by atoms with Crippen LogP contribution in [0.3, 0.4) is 0 Å². The van der Waals surface area contributed by atoms with Gasteiger partial charge in [-0.1, -0.05) is 67.9 Å². The van der Waals surface area contributed by atoms with Crippen molar-refractivity contribution in [2.45, 2.75) is 50.5 Å². The zero-order chi connectivity index (χ0) is 14.7. The number of aliphatic hydroxyl groups excluding tert-OH is 1. The molecule has 0 saturated heterocycles. The summed E-state index contributed by atoms with van der Waals surface area (Å²) in [4.78, 5) is 0. The minimum atomic E-state index is -0.423. The van der Waals surface area contributed by atoms with Crippen molar-refractivity contribution in [2.24, 2.45) is 0 Å². The third-order valence-corrected chi connectivity index (χ3v) is 4.90. The molecule has 0 bridgehead atoms. The van der Waals surface area contributed by atoms with E-state index in [1.54, 1.807) is 0 Å². The van der Waals surface area contributed by atoms with Crippen molar-refractivity contribution >= 4 is 0 Å². The lowest BCUT2D eigenvalue weighted by molar-refractivity contribution is 0.142. The lowest BCUT2D eigenvalue weighted by atomic mass is 9.79. The number of benzene rings is 2. The summed E-state index contributed by atoms with van der Waals surface area (Å²) in [6, 6.07) is 19.0. The van der Waals surface area contributed by atoms with E-state index in [0.29, 0.717) is 0 Å². The van der Waals surface area contributed by atoms with E-state index >= 15 is 0 Å². The second-order valence-electron chi connectivity index (χ2n) is 6.16. The maximum absolute atomic E-state index is 10.7. The molecule has 1 aliphatic carbocycles. The van der Waals surface area contributed by atoms with Gasteiger partial charge in [0.2, 0.25) is 0 Å². The number of rotatable bonds is 5. The van der Waals surface area contributed by atoms with E-state index in [9.17, 15) is 5.11 Å². The van der Waals surface area contributed by atoms with Crippen LogP contribution in [-0.4, -0.2) is 5.11 Å². The monoisotopic (exact) mass is 280 g/mol. The van der Waals surface area contributed by atoms with Crippen LogP contribution in [0.2, 0.25) is 0 Å². The van der Waals surface area contributed by atoms with Gasteiger partial charge in [0.15, 0.2) is 0 Å². The first kappa shape index (κ1) is 14.3. The second kappa shape index (κ2) is 6.44. The quantitative estimate of drug-likeness (QED) is 0.800. The Morgan fingerprint density at radius 1 is 0.952 bits per heavy atom. The molecule has 3 rings (SSSR count). The number of aliphatic hydroxyl groups is 1. The zero-order valence-electron chi connectivity index (χ0n) is 12.7. The highest BCUT2D eigenvalue weighted by Gasteiger charge is 2.22. The fourth-order valence-electron chi connectivity index (χ4n) is 3.28. The Bertz CT molecular complexity index is 554. The first-order chi connectivity index (χ1) is 10.3. The van der Waals surface area contributed by atoms with Gasteiger partial charge >= 0.3 is 0 Å². The van der Waals surface area contributed by atoms with E-state index < -0.39 is 6.10 Å². The highest BCUT2D eigenvalue weighted by atomic mass is 16.3. The fraction of sp³-hybridized carbons (Fsp3) is 0.400. The molecule has 2 unspecified atom stereocenters. The van der Waals surface area contributed by atoms with E-state index in [4.69, 9.17) is 0 Å². The van der Waals surface area contributed by atoms with Gasteiger partial charge in [-0.2, -0.15) is 0 Å². The molecule has 0 aromatic heterocycles. The van der Waals surface area contributed by atoms with Crippen LogP contribution in [0.25, 0.3) is 0 Å². The largest absolute Gasteiger partial charge is 0.388 e. The minimum absolute atomic E-state index is 0.167. The maximum atomic E-state index is 10.7. The lowest BCUT2D eigenvalue weighted by Crippen LogP contribution is -2.11. The highest BCUT2D eigenvalue weighted by Crippen LogP contribution is 2.38. The predicted molar refractivity (Wildman–Crippen MR) is 87.5 cm³/mol. The van der Waals surface area contributed by atoms with E-state index in [-0.39, 0.29) is 5.92 Å². The van der Waals surface area contributed by atoms with Crippen molar-refractivity contribution in [3.8, 4) is 0 Å². The average molecular weight is 280 g/mol. The molecule has 0 spiro atoms. The standard InChI is InChI=1S/C20H24O/c1-2-19(17-7-4-3-5-8-17)20(21)18-13-11-16(12-14-18)15-9-6-10-15/h3-5,7-8,11-15,19-21H,2,6,9-10H2,1H3. The summed E-state index contributed by atoms with van der Waals surface area (Å²) >= 11 is 0. The van der Waals surface area contributed by atoms with Gasteiger partial charge in [0, 0.05) is 5.92 Å². The normalized spacial score (nSPS) is 18.0. The van der Waals surface area contributed by atoms with Crippen LogP contribution in [0.1, 0.15) is 67.2 Å². The molecule has 2 atom stereocenters. The Labute approximate surface area is 127 Å². The van der Waals surface area contributed by atoms with Gasteiger partial charge in [-0.3, -0.25) is 0 Å². The van der Waals surface area contributed by atoms with Crippen LogP contribution in [0, 0.1) is 0 Å². The lowest BCUT2D eigenvalue weighted by Gasteiger charge is -2.27. The van der Waals surface area contributed by atoms with Crippen LogP contribution < -0.4 is 0 Å².